The van der Waals surface area contributed by atoms with E-state index in [0.29, 0.717) is 5.02 Å². The molecule has 0 heterocycles. The minimum absolute atomic E-state index is 0.277. The molecule has 2 aromatic carbocycles. The highest BCUT2D eigenvalue weighted by Crippen LogP contribution is 2.22. The maximum Gasteiger partial charge on any atom is 0.323 e. The van der Waals surface area contributed by atoms with Gasteiger partial charge in [-0.3, -0.25) is 0 Å². The van der Waals surface area contributed by atoms with E-state index in [0.717, 1.165) is 27.0 Å². The fourth-order valence-corrected chi connectivity index (χ4v) is 2.51. The van der Waals surface area contributed by atoms with Gasteiger partial charge in [-0.2, -0.15) is 0 Å². The number of hydrogen-bond acceptors (Lipinski definition) is 1. The van der Waals surface area contributed by atoms with E-state index in [-0.39, 0.29) is 6.03 Å². The van der Waals surface area contributed by atoms with Crippen LogP contribution in [-0.2, 0) is 0 Å². The molecule has 2 aromatic rings. The quantitative estimate of drug-likeness (QED) is 0.749. The van der Waals surface area contributed by atoms with Gasteiger partial charge in [-0.25, -0.2) is 4.79 Å². The van der Waals surface area contributed by atoms with Gasteiger partial charge in [0.05, 0.1) is 0 Å². The third-order valence-corrected chi connectivity index (χ3v) is 3.60. The lowest BCUT2D eigenvalue weighted by Crippen LogP contribution is -2.20. The summed E-state index contributed by atoms with van der Waals surface area (Å²) < 4.78 is 0.981. The van der Waals surface area contributed by atoms with Crippen LogP contribution in [0.15, 0.2) is 40.9 Å². The molecule has 0 aliphatic carbocycles. The Hall–Kier alpha value is -1.52. The molecule has 0 radical (unpaired) electrons. The van der Waals surface area contributed by atoms with E-state index in [1.54, 1.807) is 12.1 Å². The van der Waals surface area contributed by atoms with E-state index in [9.17, 15) is 4.79 Å². The molecule has 0 unspecified atom stereocenters. The lowest BCUT2D eigenvalue weighted by Gasteiger charge is -2.12. The van der Waals surface area contributed by atoms with Crippen molar-refractivity contribution in [2.45, 2.75) is 13.8 Å². The average Bonchev–Trinajstić information content (AvgIpc) is 2.36. The molecule has 104 valence electrons. The molecule has 3 nitrogen and oxygen atoms in total. The summed E-state index contributed by atoms with van der Waals surface area (Å²) in [6.07, 6.45) is 0. The number of rotatable bonds is 2. The van der Waals surface area contributed by atoms with Gasteiger partial charge in [-0.15, -0.1) is 0 Å². The first-order valence-corrected chi connectivity index (χ1v) is 7.23. The fourth-order valence-electron chi connectivity index (χ4n) is 1.81. The van der Waals surface area contributed by atoms with Crippen LogP contribution in [0, 0.1) is 13.8 Å². The molecular formula is C15H14BrClN2O. The van der Waals surface area contributed by atoms with Crippen molar-refractivity contribution in [3.63, 3.8) is 0 Å². The first-order valence-electron chi connectivity index (χ1n) is 6.06. The van der Waals surface area contributed by atoms with Crippen LogP contribution >= 0.6 is 27.5 Å². The lowest BCUT2D eigenvalue weighted by molar-refractivity contribution is 0.262. The van der Waals surface area contributed by atoms with Crippen molar-refractivity contribution in [2.24, 2.45) is 0 Å². The number of benzene rings is 2. The summed E-state index contributed by atoms with van der Waals surface area (Å²) in [6, 6.07) is 10.7. The first-order chi connectivity index (χ1) is 9.45. The molecule has 20 heavy (non-hydrogen) atoms. The van der Waals surface area contributed by atoms with Gasteiger partial charge in [0.2, 0.25) is 0 Å². The second-order valence-corrected chi connectivity index (χ2v) is 5.85. The molecule has 0 saturated carbocycles. The van der Waals surface area contributed by atoms with E-state index < -0.39 is 0 Å². The van der Waals surface area contributed by atoms with Gasteiger partial charge in [0.1, 0.15) is 0 Å². The Morgan fingerprint density at radius 1 is 1.00 bits per heavy atom. The van der Waals surface area contributed by atoms with Crippen LogP contribution in [0.25, 0.3) is 0 Å². The normalized spacial score (nSPS) is 10.2. The molecule has 2 rings (SSSR count). The molecule has 2 amide bonds. The Kier molecular flexibility index (Phi) is 4.68. The maximum atomic E-state index is 12.0. The predicted molar refractivity (Wildman–Crippen MR) is 87.7 cm³/mol. The molecule has 0 spiro atoms. The van der Waals surface area contributed by atoms with Crippen LogP contribution in [-0.4, -0.2) is 6.03 Å². The zero-order chi connectivity index (χ0) is 14.7. The Morgan fingerprint density at radius 3 is 2.10 bits per heavy atom. The predicted octanol–water partition coefficient (Wildman–Crippen LogP) is 5.36. The van der Waals surface area contributed by atoms with Crippen molar-refractivity contribution in [1.29, 1.82) is 0 Å². The summed E-state index contributed by atoms with van der Waals surface area (Å²) in [5, 5.41) is 6.28. The minimum Gasteiger partial charge on any atom is -0.307 e. The number of anilines is 2. The average molecular weight is 354 g/mol. The second-order valence-electron chi connectivity index (χ2n) is 4.50. The number of hydrogen-bond donors (Lipinski definition) is 2. The molecule has 5 heteroatoms. The maximum absolute atomic E-state index is 12.0. The van der Waals surface area contributed by atoms with E-state index in [1.165, 1.54) is 0 Å². The zero-order valence-electron chi connectivity index (χ0n) is 11.1. The molecule has 0 aliphatic rings. The molecule has 0 bridgehead atoms. The third kappa shape index (κ3) is 3.74. The van der Waals surface area contributed by atoms with E-state index in [1.807, 2.05) is 38.1 Å². The number of urea groups is 1. The molecular weight excluding hydrogens is 340 g/mol. The Bertz CT molecular complexity index is 603. The smallest absolute Gasteiger partial charge is 0.307 e. The van der Waals surface area contributed by atoms with Gasteiger partial charge in [0.25, 0.3) is 0 Å². The summed E-state index contributed by atoms with van der Waals surface area (Å²) in [4.78, 5) is 12.0. The van der Waals surface area contributed by atoms with Gasteiger partial charge >= 0.3 is 6.03 Å². The Balaban J connectivity index is 2.09. The molecule has 0 saturated heterocycles. The van der Waals surface area contributed by atoms with E-state index >= 15 is 0 Å². The highest BCUT2D eigenvalue weighted by molar-refractivity contribution is 9.10. The van der Waals surface area contributed by atoms with Crippen molar-refractivity contribution < 1.29 is 4.79 Å². The van der Waals surface area contributed by atoms with E-state index in [2.05, 4.69) is 26.6 Å². The van der Waals surface area contributed by atoms with Crippen molar-refractivity contribution >= 4 is 44.9 Å². The van der Waals surface area contributed by atoms with Crippen molar-refractivity contribution in [3.8, 4) is 0 Å². The van der Waals surface area contributed by atoms with Gasteiger partial charge in [0.15, 0.2) is 0 Å². The van der Waals surface area contributed by atoms with Crippen LogP contribution in [0.2, 0.25) is 5.02 Å². The topological polar surface area (TPSA) is 41.1 Å². The fraction of sp³-hybridized carbons (Fsp3) is 0.133. The summed E-state index contributed by atoms with van der Waals surface area (Å²) in [7, 11) is 0. The number of halogens is 2. The molecule has 0 fully saturated rings. The molecule has 2 N–H and O–H groups in total. The highest BCUT2D eigenvalue weighted by Gasteiger charge is 2.07. The first kappa shape index (κ1) is 14.9. The monoisotopic (exact) mass is 352 g/mol. The Labute approximate surface area is 131 Å². The molecule has 0 atom stereocenters. The number of aryl methyl sites for hydroxylation is 2. The van der Waals surface area contributed by atoms with Crippen molar-refractivity contribution in [2.75, 3.05) is 10.6 Å². The second kappa shape index (κ2) is 6.29. The minimum atomic E-state index is -0.277. The van der Waals surface area contributed by atoms with Gasteiger partial charge < -0.3 is 10.6 Å². The number of carbonyl (C=O) groups excluding carboxylic acids is 1. The third-order valence-electron chi connectivity index (χ3n) is 2.87. The number of amides is 2. The summed E-state index contributed by atoms with van der Waals surface area (Å²) in [6.45, 7) is 3.83. The standard InChI is InChI=1S/C15H14BrClN2O/c1-9-7-11(16)3-5-13(9)18-15(20)19-14-6-4-12(17)8-10(14)2/h3-8H,1-2H3,(H2,18,19,20). The number of nitrogens with one attached hydrogen (secondary N) is 2. The van der Waals surface area contributed by atoms with E-state index in [4.69, 9.17) is 11.6 Å². The highest BCUT2D eigenvalue weighted by atomic mass is 79.9. The largest absolute Gasteiger partial charge is 0.323 e. The molecule has 0 aliphatic heterocycles. The summed E-state index contributed by atoms with van der Waals surface area (Å²) >= 11 is 9.28. The van der Waals surface area contributed by atoms with Crippen molar-refractivity contribution in [1.82, 2.24) is 0 Å². The zero-order valence-corrected chi connectivity index (χ0v) is 13.5. The van der Waals surface area contributed by atoms with Crippen LogP contribution < -0.4 is 10.6 Å². The summed E-state index contributed by atoms with van der Waals surface area (Å²) in [5.74, 6) is 0. The SMILES string of the molecule is Cc1cc(Cl)ccc1NC(=O)Nc1ccc(Br)cc1C. The van der Waals surface area contributed by atoms with Crippen LogP contribution in [0.1, 0.15) is 11.1 Å². The lowest BCUT2D eigenvalue weighted by atomic mass is 10.2. The Morgan fingerprint density at radius 2 is 1.55 bits per heavy atom. The number of carbonyl (C=O) groups is 1. The van der Waals surface area contributed by atoms with Crippen LogP contribution in [0.4, 0.5) is 16.2 Å². The van der Waals surface area contributed by atoms with Crippen molar-refractivity contribution in [3.05, 3.63) is 57.0 Å². The van der Waals surface area contributed by atoms with Crippen LogP contribution in [0.3, 0.4) is 0 Å². The van der Waals surface area contributed by atoms with Crippen LogP contribution in [0.5, 0.6) is 0 Å². The van der Waals surface area contributed by atoms with Gasteiger partial charge in [-0.1, -0.05) is 27.5 Å². The van der Waals surface area contributed by atoms with Gasteiger partial charge in [-0.05, 0) is 61.4 Å². The van der Waals surface area contributed by atoms with Gasteiger partial charge in [0, 0.05) is 20.9 Å². The summed E-state index contributed by atoms with van der Waals surface area (Å²) in [5.41, 5.74) is 3.42. The molecule has 0 aromatic heterocycles.